The van der Waals surface area contributed by atoms with Crippen molar-refractivity contribution in [1.29, 1.82) is 0 Å². The first-order valence-corrected chi connectivity index (χ1v) is 7.52. The molecule has 0 bridgehead atoms. The number of ketones is 1. The Hall–Kier alpha value is -3.27. The molecule has 4 heteroatoms. The van der Waals surface area contributed by atoms with Crippen LogP contribution in [0.4, 0.5) is 0 Å². The Balaban J connectivity index is 2.09. The third-order valence-electron chi connectivity index (χ3n) is 4.46. The monoisotopic (exact) mass is 318 g/mol. The van der Waals surface area contributed by atoms with Crippen LogP contribution in [0.25, 0.3) is 22.1 Å². The number of rotatable bonds is 1. The SMILES string of the molecule is Cc1cc(O)c(O)cc1C1=C(O)c2cccc3cccc(c23)C1=O. The molecule has 0 unspecified atom stereocenters. The van der Waals surface area contributed by atoms with Gasteiger partial charge in [0.05, 0.1) is 5.57 Å². The highest BCUT2D eigenvalue weighted by molar-refractivity contribution is 6.40. The third-order valence-corrected chi connectivity index (χ3v) is 4.46. The Morgan fingerprint density at radius 3 is 2.12 bits per heavy atom. The highest BCUT2D eigenvalue weighted by Gasteiger charge is 2.29. The van der Waals surface area contributed by atoms with Crippen LogP contribution in [0.3, 0.4) is 0 Å². The van der Waals surface area contributed by atoms with Crippen LogP contribution in [0.5, 0.6) is 11.5 Å². The molecule has 0 heterocycles. The molecule has 0 saturated carbocycles. The van der Waals surface area contributed by atoms with Crippen molar-refractivity contribution in [3.05, 3.63) is 70.8 Å². The second-order valence-corrected chi connectivity index (χ2v) is 5.92. The molecule has 24 heavy (non-hydrogen) atoms. The van der Waals surface area contributed by atoms with E-state index in [1.807, 2.05) is 18.2 Å². The van der Waals surface area contributed by atoms with Gasteiger partial charge >= 0.3 is 0 Å². The lowest BCUT2D eigenvalue weighted by atomic mass is 9.83. The van der Waals surface area contributed by atoms with Crippen molar-refractivity contribution in [2.24, 2.45) is 0 Å². The fourth-order valence-corrected chi connectivity index (χ4v) is 3.30. The minimum atomic E-state index is -0.333. The number of phenols is 2. The number of aliphatic hydroxyl groups excluding tert-OH is 1. The average Bonchev–Trinajstić information content (AvgIpc) is 2.57. The van der Waals surface area contributed by atoms with Crippen LogP contribution in [-0.4, -0.2) is 21.1 Å². The molecule has 0 aliphatic heterocycles. The third kappa shape index (κ3) is 1.83. The summed E-state index contributed by atoms with van der Waals surface area (Å²) in [5, 5.41) is 31.8. The summed E-state index contributed by atoms with van der Waals surface area (Å²) in [4.78, 5) is 13.0. The maximum absolute atomic E-state index is 13.0. The molecule has 0 fully saturated rings. The number of hydrogen-bond acceptors (Lipinski definition) is 4. The number of allylic oxidation sites excluding steroid dienone is 1. The summed E-state index contributed by atoms with van der Waals surface area (Å²) in [6, 6.07) is 13.6. The van der Waals surface area contributed by atoms with Gasteiger partial charge in [0.25, 0.3) is 0 Å². The first kappa shape index (κ1) is 14.3. The molecule has 3 aromatic carbocycles. The van der Waals surface area contributed by atoms with Gasteiger partial charge in [0, 0.05) is 16.5 Å². The van der Waals surface area contributed by atoms with Crippen molar-refractivity contribution >= 4 is 27.9 Å². The van der Waals surface area contributed by atoms with Gasteiger partial charge in [0.1, 0.15) is 5.76 Å². The van der Waals surface area contributed by atoms with Crippen LogP contribution in [0.1, 0.15) is 27.0 Å². The highest BCUT2D eigenvalue weighted by Crippen LogP contribution is 2.41. The Bertz CT molecular complexity index is 1060. The zero-order chi connectivity index (χ0) is 17.0. The lowest BCUT2D eigenvalue weighted by Crippen LogP contribution is -2.12. The summed E-state index contributed by atoms with van der Waals surface area (Å²) < 4.78 is 0. The minimum Gasteiger partial charge on any atom is -0.507 e. The van der Waals surface area contributed by atoms with E-state index < -0.39 is 0 Å². The van der Waals surface area contributed by atoms with Crippen molar-refractivity contribution in [3.8, 4) is 11.5 Å². The van der Waals surface area contributed by atoms with Gasteiger partial charge in [0.2, 0.25) is 0 Å². The Morgan fingerprint density at radius 1 is 0.792 bits per heavy atom. The van der Waals surface area contributed by atoms with Gasteiger partial charge in [-0.2, -0.15) is 0 Å². The number of aliphatic hydroxyl groups is 1. The number of carbonyl (C=O) groups excluding carboxylic acids is 1. The van der Waals surface area contributed by atoms with Crippen molar-refractivity contribution in [2.45, 2.75) is 6.92 Å². The van der Waals surface area contributed by atoms with Gasteiger partial charge in [-0.25, -0.2) is 0 Å². The molecule has 0 atom stereocenters. The van der Waals surface area contributed by atoms with Crippen LogP contribution in [-0.2, 0) is 0 Å². The predicted molar refractivity (Wildman–Crippen MR) is 92.2 cm³/mol. The number of hydrogen-bond donors (Lipinski definition) is 3. The van der Waals surface area contributed by atoms with E-state index in [2.05, 4.69) is 0 Å². The van der Waals surface area contributed by atoms with E-state index in [0.717, 1.165) is 10.8 Å². The van der Waals surface area contributed by atoms with Crippen molar-refractivity contribution in [2.75, 3.05) is 0 Å². The standard InChI is InChI=1S/C20H14O4/c1-10-8-15(21)16(22)9-14(10)18-19(23)12-6-2-4-11-5-3-7-13(17(11)12)20(18)24/h2-9,21-23H,1H3. The van der Waals surface area contributed by atoms with E-state index in [-0.39, 0.29) is 28.6 Å². The molecule has 3 aromatic rings. The molecule has 0 amide bonds. The second kappa shape index (κ2) is 4.86. The van der Waals surface area contributed by atoms with Gasteiger partial charge in [-0.15, -0.1) is 0 Å². The number of benzene rings is 3. The molecule has 0 saturated heterocycles. The summed E-state index contributed by atoms with van der Waals surface area (Å²) >= 11 is 0. The number of aryl methyl sites for hydroxylation is 1. The number of phenolic OH excluding ortho intramolecular Hbond substituents is 2. The zero-order valence-corrected chi connectivity index (χ0v) is 12.9. The lowest BCUT2D eigenvalue weighted by Gasteiger charge is -2.21. The molecule has 0 spiro atoms. The summed E-state index contributed by atoms with van der Waals surface area (Å²) in [7, 11) is 0. The van der Waals surface area contributed by atoms with Crippen molar-refractivity contribution in [3.63, 3.8) is 0 Å². The molecule has 4 rings (SSSR count). The molecular formula is C20H14O4. The fraction of sp³-hybridized carbons (Fsp3) is 0.0500. The highest BCUT2D eigenvalue weighted by atomic mass is 16.3. The van der Waals surface area contributed by atoms with Gasteiger partial charge in [0.15, 0.2) is 17.3 Å². The van der Waals surface area contributed by atoms with Crippen LogP contribution < -0.4 is 0 Å². The fourth-order valence-electron chi connectivity index (χ4n) is 3.30. The smallest absolute Gasteiger partial charge is 0.198 e. The maximum Gasteiger partial charge on any atom is 0.198 e. The molecule has 0 radical (unpaired) electrons. The van der Waals surface area contributed by atoms with Crippen LogP contribution in [0.2, 0.25) is 0 Å². The van der Waals surface area contributed by atoms with Crippen molar-refractivity contribution < 1.29 is 20.1 Å². The normalized spacial score (nSPS) is 13.6. The van der Waals surface area contributed by atoms with E-state index in [4.69, 9.17) is 0 Å². The van der Waals surface area contributed by atoms with Gasteiger partial charge in [-0.05, 0) is 35.6 Å². The predicted octanol–water partition coefficient (Wildman–Crippen LogP) is 4.18. The van der Waals surface area contributed by atoms with Gasteiger partial charge in [-0.1, -0.05) is 36.4 Å². The Labute approximate surface area is 137 Å². The van der Waals surface area contributed by atoms with Gasteiger partial charge < -0.3 is 15.3 Å². The molecule has 1 aliphatic carbocycles. The Kier molecular flexibility index (Phi) is 2.90. The molecule has 0 aromatic heterocycles. The quantitative estimate of drug-likeness (QED) is 0.588. The number of carbonyl (C=O) groups is 1. The summed E-state index contributed by atoms with van der Waals surface area (Å²) in [5.74, 6) is -1.01. The molecule has 1 aliphatic rings. The first-order valence-electron chi connectivity index (χ1n) is 7.52. The molecular weight excluding hydrogens is 304 g/mol. The van der Waals surface area contributed by atoms with Crippen molar-refractivity contribution in [1.82, 2.24) is 0 Å². The first-order chi connectivity index (χ1) is 11.5. The van der Waals surface area contributed by atoms with Crippen LogP contribution >= 0.6 is 0 Å². The van der Waals surface area contributed by atoms with E-state index in [9.17, 15) is 20.1 Å². The van der Waals surface area contributed by atoms with E-state index in [1.165, 1.54) is 12.1 Å². The lowest BCUT2D eigenvalue weighted by molar-refractivity contribution is 0.105. The maximum atomic E-state index is 13.0. The van der Waals surface area contributed by atoms with Gasteiger partial charge in [-0.3, -0.25) is 4.79 Å². The topological polar surface area (TPSA) is 77.8 Å². The second-order valence-electron chi connectivity index (χ2n) is 5.92. The summed E-state index contributed by atoms with van der Waals surface area (Å²) in [5.41, 5.74) is 2.23. The van der Waals surface area contributed by atoms with Crippen LogP contribution in [0.15, 0.2) is 48.5 Å². The Morgan fingerprint density at radius 2 is 1.42 bits per heavy atom. The molecule has 4 nitrogen and oxygen atoms in total. The number of aromatic hydroxyl groups is 2. The van der Waals surface area contributed by atoms with E-state index >= 15 is 0 Å². The summed E-state index contributed by atoms with van der Waals surface area (Å²) in [6.45, 7) is 1.71. The van der Waals surface area contributed by atoms with Crippen LogP contribution in [0, 0.1) is 6.92 Å². The summed E-state index contributed by atoms with van der Waals surface area (Å²) in [6.07, 6.45) is 0. The minimum absolute atomic E-state index is 0.113. The largest absolute Gasteiger partial charge is 0.507 e. The van der Waals surface area contributed by atoms with E-state index in [0.29, 0.717) is 22.3 Å². The average molecular weight is 318 g/mol. The zero-order valence-electron chi connectivity index (χ0n) is 12.9. The molecule has 118 valence electrons. The number of Topliss-reactive ketones (excluding diaryl/α,β-unsaturated/α-hetero) is 1. The van der Waals surface area contributed by atoms with E-state index in [1.54, 1.807) is 25.1 Å². The molecule has 3 N–H and O–H groups in total.